The molecule has 0 amide bonds. The lowest BCUT2D eigenvalue weighted by Crippen LogP contribution is -2.48. The van der Waals surface area contributed by atoms with E-state index in [1.54, 1.807) is 0 Å². The summed E-state index contributed by atoms with van der Waals surface area (Å²) in [4.78, 5) is 2.44. The Morgan fingerprint density at radius 1 is 1.31 bits per heavy atom. The van der Waals surface area contributed by atoms with Crippen LogP contribution >= 0.6 is 0 Å². The molecule has 1 unspecified atom stereocenters. The third-order valence-corrected chi connectivity index (χ3v) is 3.05. The molecule has 1 heterocycles. The van der Waals surface area contributed by atoms with E-state index in [4.69, 9.17) is 0 Å². The molecule has 0 saturated carbocycles. The Bertz CT molecular complexity index is 143. The monoisotopic (exact) mass is 184 g/mol. The summed E-state index contributed by atoms with van der Waals surface area (Å²) in [5, 5.41) is 3.58. The van der Waals surface area contributed by atoms with Crippen LogP contribution in [0.15, 0.2) is 0 Å². The minimum Gasteiger partial charge on any atom is -0.313 e. The van der Waals surface area contributed by atoms with Gasteiger partial charge in [0, 0.05) is 18.1 Å². The van der Waals surface area contributed by atoms with E-state index in [0.29, 0.717) is 5.54 Å². The summed E-state index contributed by atoms with van der Waals surface area (Å²) in [5.41, 5.74) is 0.305. The molecule has 1 aliphatic heterocycles. The Balaban J connectivity index is 2.30. The van der Waals surface area contributed by atoms with Gasteiger partial charge in [-0.05, 0) is 47.2 Å². The van der Waals surface area contributed by atoms with E-state index in [1.165, 1.54) is 32.4 Å². The first-order chi connectivity index (χ1) is 6.00. The SMILES string of the molecule is CN(CC1CCCCN1)C(C)(C)C. The second-order valence-electron chi connectivity index (χ2n) is 5.20. The first-order valence-corrected chi connectivity index (χ1v) is 5.45. The van der Waals surface area contributed by atoms with Gasteiger partial charge in [0.2, 0.25) is 0 Å². The number of rotatable bonds is 2. The van der Waals surface area contributed by atoms with Gasteiger partial charge in [0.15, 0.2) is 0 Å². The fourth-order valence-corrected chi connectivity index (χ4v) is 1.68. The predicted molar refractivity (Wildman–Crippen MR) is 58.0 cm³/mol. The number of hydrogen-bond donors (Lipinski definition) is 1. The molecule has 0 spiro atoms. The van der Waals surface area contributed by atoms with Crippen LogP contribution in [0.1, 0.15) is 40.0 Å². The minimum atomic E-state index is 0.305. The summed E-state index contributed by atoms with van der Waals surface area (Å²) in [6.45, 7) is 9.22. The molecule has 1 aliphatic rings. The summed E-state index contributed by atoms with van der Waals surface area (Å²) in [6, 6.07) is 0.720. The first-order valence-electron chi connectivity index (χ1n) is 5.45. The topological polar surface area (TPSA) is 15.3 Å². The van der Waals surface area contributed by atoms with Crippen molar-refractivity contribution in [3.8, 4) is 0 Å². The molecule has 13 heavy (non-hydrogen) atoms. The van der Waals surface area contributed by atoms with Crippen molar-refractivity contribution in [1.82, 2.24) is 10.2 Å². The summed E-state index contributed by atoms with van der Waals surface area (Å²) < 4.78 is 0. The molecule has 0 aromatic carbocycles. The molecule has 1 N–H and O–H groups in total. The van der Waals surface area contributed by atoms with Crippen molar-refractivity contribution in [3.05, 3.63) is 0 Å². The zero-order valence-corrected chi connectivity index (χ0v) is 9.56. The first kappa shape index (κ1) is 11.0. The van der Waals surface area contributed by atoms with E-state index in [0.717, 1.165) is 6.04 Å². The molecule has 1 atom stereocenters. The Morgan fingerprint density at radius 2 is 2.00 bits per heavy atom. The fraction of sp³-hybridized carbons (Fsp3) is 1.00. The average Bonchev–Trinajstić information content (AvgIpc) is 2.04. The van der Waals surface area contributed by atoms with Crippen molar-refractivity contribution < 1.29 is 0 Å². The number of piperidine rings is 1. The van der Waals surface area contributed by atoms with Gasteiger partial charge < -0.3 is 5.32 Å². The van der Waals surface area contributed by atoms with Crippen molar-refractivity contribution in [2.24, 2.45) is 0 Å². The predicted octanol–water partition coefficient (Wildman–Crippen LogP) is 1.86. The Morgan fingerprint density at radius 3 is 2.46 bits per heavy atom. The van der Waals surface area contributed by atoms with Crippen molar-refractivity contribution in [1.29, 1.82) is 0 Å². The molecule has 2 heteroatoms. The molecule has 2 nitrogen and oxygen atoms in total. The van der Waals surface area contributed by atoms with Gasteiger partial charge in [0.25, 0.3) is 0 Å². The normalized spacial score (nSPS) is 25.2. The molecule has 0 aromatic rings. The molecular formula is C11H24N2. The molecular weight excluding hydrogens is 160 g/mol. The van der Waals surface area contributed by atoms with Gasteiger partial charge >= 0.3 is 0 Å². The number of nitrogens with one attached hydrogen (secondary N) is 1. The third kappa shape index (κ3) is 3.65. The second-order valence-corrected chi connectivity index (χ2v) is 5.20. The molecule has 1 rings (SSSR count). The lowest BCUT2D eigenvalue weighted by molar-refractivity contribution is 0.149. The number of hydrogen-bond acceptors (Lipinski definition) is 2. The maximum absolute atomic E-state index is 3.58. The van der Waals surface area contributed by atoms with E-state index < -0.39 is 0 Å². The van der Waals surface area contributed by atoms with E-state index in [-0.39, 0.29) is 0 Å². The lowest BCUT2D eigenvalue weighted by atomic mass is 10.0. The molecule has 0 radical (unpaired) electrons. The smallest absolute Gasteiger partial charge is 0.0195 e. The summed E-state index contributed by atoms with van der Waals surface area (Å²) in [5.74, 6) is 0. The van der Waals surface area contributed by atoms with E-state index in [2.05, 4.69) is 38.0 Å². The second kappa shape index (κ2) is 4.43. The number of likely N-dealkylation sites (N-methyl/N-ethyl adjacent to an activating group) is 1. The molecule has 0 aliphatic carbocycles. The average molecular weight is 184 g/mol. The molecule has 1 saturated heterocycles. The van der Waals surface area contributed by atoms with Crippen molar-refractivity contribution in [3.63, 3.8) is 0 Å². The maximum Gasteiger partial charge on any atom is 0.0195 e. The quantitative estimate of drug-likeness (QED) is 0.704. The maximum atomic E-state index is 3.58. The summed E-state index contributed by atoms with van der Waals surface area (Å²) in [6.07, 6.45) is 4.10. The van der Waals surface area contributed by atoms with E-state index in [9.17, 15) is 0 Å². The van der Waals surface area contributed by atoms with E-state index >= 15 is 0 Å². The molecule has 1 fully saturated rings. The zero-order chi connectivity index (χ0) is 9.90. The Kier molecular flexibility index (Phi) is 3.74. The van der Waals surface area contributed by atoms with Crippen LogP contribution in [0.5, 0.6) is 0 Å². The van der Waals surface area contributed by atoms with Crippen LogP contribution in [0.4, 0.5) is 0 Å². The van der Waals surface area contributed by atoms with Gasteiger partial charge in [-0.1, -0.05) is 6.42 Å². The highest BCUT2D eigenvalue weighted by Gasteiger charge is 2.21. The molecule has 0 bridgehead atoms. The van der Waals surface area contributed by atoms with Crippen LogP contribution in [-0.4, -0.2) is 36.6 Å². The summed E-state index contributed by atoms with van der Waals surface area (Å²) in [7, 11) is 2.22. The lowest BCUT2D eigenvalue weighted by Gasteiger charge is -2.36. The van der Waals surface area contributed by atoms with Gasteiger partial charge in [-0.15, -0.1) is 0 Å². The van der Waals surface area contributed by atoms with Crippen molar-refractivity contribution in [2.75, 3.05) is 20.1 Å². The van der Waals surface area contributed by atoms with Crippen molar-refractivity contribution in [2.45, 2.75) is 51.6 Å². The van der Waals surface area contributed by atoms with Gasteiger partial charge in [-0.25, -0.2) is 0 Å². The van der Waals surface area contributed by atoms with E-state index in [1.807, 2.05) is 0 Å². The molecule has 78 valence electrons. The highest BCUT2D eigenvalue weighted by atomic mass is 15.2. The molecule has 0 aromatic heterocycles. The van der Waals surface area contributed by atoms with Crippen LogP contribution in [0.2, 0.25) is 0 Å². The highest BCUT2D eigenvalue weighted by molar-refractivity contribution is 4.80. The number of nitrogens with zero attached hydrogens (tertiary/aromatic N) is 1. The van der Waals surface area contributed by atoms with Crippen molar-refractivity contribution >= 4 is 0 Å². The van der Waals surface area contributed by atoms with Crippen LogP contribution in [-0.2, 0) is 0 Å². The standard InChI is InChI=1S/C11H24N2/c1-11(2,3)13(4)9-10-7-5-6-8-12-10/h10,12H,5-9H2,1-4H3. The third-order valence-electron chi connectivity index (χ3n) is 3.05. The minimum absolute atomic E-state index is 0.305. The summed E-state index contributed by atoms with van der Waals surface area (Å²) >= 11 is 0. The highest BCUT2D eigenvalue weighted by Crippen LogP contribution is 2.14. The van der Waals surface area contributed by atoms with Crippen LogP contribution in [0.3, 0.4) is 0 Å². The van der Waals surface area contributed by atoms with Gasteiger partial charge in [-0.2, -0.15) is 0 Å². The van der Waals surface area contributed by atoms with Gasteiger partial charge in [0.05, 0.1) is 0 Å². The fourth-order valence-electron chi connectivity index (χ4n) is 1.68. The van der Waals surface area contributed by atoms with Gasteiger partial charge in [-0.3, -0.25) is 4.90 Å². The van der Waals surface area contributed by atoms with Crippen LogP contribution in [0, 0.1) is 0 Å². The Hall–Kier alpha value is -0.0800. The van der Waals surface area contributed by atoms with Crippen LogP contribution in [0.25, 0.3) is 0 Å². The largest absolute Gasteiger partial charge is 0.313 e. The van der Waals surface area contributed by atoms with Gasteiger partial charge in [0.1, 0.15) is 0 Å². The van der Waals surface area contributed by atoms with Crippen LogP contribution < -0.4 is 5.32 Å². The Labute approximate surface area is 82.7 Å². The zero-order valence-electron chi connectivity index (χ0n) is 9.56.